The van der Waals surface area contributed by atoms with Crippen LogP contribution in [0.4, 0.5) is 15.8 Å². The first-order chi connectivity index (χ1) is 19.9. The van der Waals surface area contributed by atoms with Gasteiger partial charge in [0.2, 0.25) is 0 Å². The molecule has 0 radical (unpaired) electrons. The molecule has 0 saturated heterocycles. The Morgan fingerprint density at radius 2 is 1.71 bits per heavy atom. The molecule has 4 aromatic rings. The van der Waals surface area contributed by atoms with Gasteiger partial charge in [-0.1, -0.05) is 58.4 Å². The summed E-state index contributed by atoms with van der Waals surface area (Å²) in [6.45, 7) is 2.52. The molecule has 0 heterocycles. The second-order valence-electron chi connectivity index (χ2n) is 9.38. The van der Waals surface area contributed by atoms with E-state index in [1.165, 1.54) is 24.0 Å². The van der Waals surface area contributed by atoms with Crippen molar-refractivity contribution < 1.29 is 14.0 Å². The zero-order chi connectivity index (χ0) is 29.0. The summed E-state index contributed by atoms with van der Waals surface area (Å²) in [5.41, 5.74) is 6.22. The number of halogens is 2. The van der Waals surface area contributed by atoms with Crippen molar-refractivity contribution in [2.75, 3.05) is 30.4 Å². The molecular weight excluding hydrogens is 585 g/mol. The fraction of sp³-hybridized carbons (Fsp3) is 0.156. The molecule has 0 aromatic heterocycles. The number of benzene rings is 4. The summed E-state index contributed by atoms with van der Waals surface area (Å²) in [6.07, 6.45) is 2.35. The zero-order valence-corrected chi connectivity index (χ0v) is 24.2. The van der Waals surface area contributed by atoms with Crippen LogP contribution < -0.4 is 21.0 Å². The Labute approximate surface area is 247 Å². The quantitative estimate of drug-likeness (QED) is 0.100. The number of para-hydroxylation sites is 1. The summed E-state index contributed by atoms with van der Waals surface area (Å²) >= 11 is 3.36. The van der Waals surface area contributed by atoms with Gasteiger partial charge in [0.25, 0.3) is 11.8 Å². The Kier molecular flexibility index (Phi) is 10.8. The molecule has 0 unspecified atom stereocenters. The molecule has 3 N–H and O–H groups in total. The van der Waals surface area contributed by atoms with Crippen molar-refractivity contribution in [3.05, 3.63) is 130 Å². The number of nitrogens with one attached hydrogen (secondary N) is 3. The normalized spacial score (nSPS) is 10.9. The van der Waals surface area contributed by atoms with Gasteiger partial charge in [-0.15, -0.1) is 0 Å². The SMILES string of the molecule is CN(CCCNCc1ccc(C(=O)Nc2ccc(Br)cc2C(=O)N/N=C/c2cccc(F)c2)cc1)c1ccccc1. The van der Waals surface area contributed by atoms with E-state index in [0.29, 0.717) is 27.8 Å². The number of anilines is 2. The Balaban J connectivity index is 1.28. The topological polar surface area (TPSA) is 85.8 Å². The number of carbonyl (C=O) groups excluding carboxylic acids is 2. The van der Waals surface area contributed by atoms with Gasteiger partial charge in [-0.25, -0.2) is 9.82 Å². The van der Waals surface area contributed by atoms with Crippen LogP contribution in [0.3, 0.4) is 0 Å². The largest absolute Gasteiger partial charge is 0.375 e. The molecule has 7 nitrogen and oxygen atoms in total. The van der Waals surface area contributed by atoms with Gasteiger partial charge in [0, 0.05) is 35.9 Å². The van der Waals surface area contributed by atoms with Gasteiger partial charge in [-0.2, -0.15) is 5.10 Å². The van der Waals surface area contributed by atoms with E-state index in [2.05, 4.69) is 61.2 Å². The second kappa shape index (κ2) is 14.9. The van der Waals surface area contributed by atoms with Crippen LogP contribution in [-0.2, 0) is 6.54 Å². The molecule has 4 aromatic carbocycles. The van der Waals surface area contributed by atoms with E-state index >= 15 is 0 Å². The average molecular weight is 617 g/mol. The standard InChI is InChI=1S/C32H31BrFN5O2/c1-39(28-9-3-2-4-10-28)18-6-17-35-21-23-11-13-25(14-12-23)31(40)37-30-16-15-26(33)20-29(30)32(41)38-36-22-24-7-5-8-27(34)19-24/h2-5,7-16,19-20,22,35H,6,17-18,21H2,1H3,(H,37,40)(H,38,41)/b36-22+. The minimum atomic E-state index is -0.523. The van der Waals surface area contributed by atoms with Crippen molar-refractivity contribution in [3.63, 3.8) is 0 Å². The minimum absolute atomic E-state index is 0.225. The lowest BCUT2D eigenvalue weighted by atomic mass is 10.1. The van der Waals surface area contributed by atoms with Gasteiger partial charge in [0.15, 0.2) is 0 Å². The highest BCUT2D eigenvalue weighted by Gasteiger charge is 2.15. The van der Waals surface area contributed by atoms with Crippen molar-refractivity contribution in [1.82, 2.24) is 10.7 Å². The lowest BCUT2D eigenvalue weighted by Gasteiger charge is -2.19. The zero-order valence-electron chi connectivity index (χ0n) is 22.6. The Bertz CT molecular complexity index is 1500. The van der Waals surface area contributed by atoms with Gasteiger partial charge in [-0.3, -0.25) is 9.59 Å². The summed E-state index contributed by atoms with van der Waals surface area (Å²) in [6, 6.07) is 28.4. The molecule has 0 fully saturated rings. The third-order valence-corrected chi connectivity index (χ3v) is 6.79. The first-order valence-electron chi connectivity index (χ1n) is 13.1. The molecule has 0 bridgehead atoms. The van der Waals surface area contributed by atoms with Gasteiger partial charge >= 0.3 is 0 Å². The van der Waals surface area contributed by atoms with Gasteiger partial charge in [0.1, 0.15) is 5.82 Å². The molecule has 4 rings (SSSR count). The summed E-state index contributed by atoms with van der Waals surface area (Å²) in [4.78, 5) is 28.0. The molecule has 41 heavy (non-hydrogen) atoms. The third kappa shape index (κ3) is 9.09. The molecule has 0 aliphatic rings. The number of amides is 2. The van der Waals surface area contributed by atoms with Crippen LogP contribution in [0.1, 0.15) is 38.3 Å². The van der Waals surface area contributed by atoms with Crippen molar-refractivity contribution in [2.24, 2.45) is 5.10 Å². The van der Waals surface area contributed by atoms with Crippen molar-refractivity contribution in [1.29, 1.82) is 0 Å². The minimum Gasteiger partial charge on any atom is -0.375 e. The Morgan fingerprint density at radius 1 is 0.927 bits per heavy atom. The fourth-order valence-electron chi connectivity index (χ4n) is 4.08. The highest BCUT2D eigenvalue weighted by Crippen LogP contribution is 2.22. The Morgan fingerprint density at radius 3 is 2.46 bits per heavy atom. The van der Waals surface area contributed by atoms with E-state index in [4.69, 9.17) is 0 Å². The number of rotatable bonds is 12. The summed E-state index contributed by atoms with van der Waals surface area (Å²) in [7, 11) is 2.09. The molecule has 0 saturated carbocycles. The molecule has 0 atom stereocenters. The predicted octanol–water partition coefficient (Wildman–Crippen LogP) is 6.22. The first-order valence-corrected chi connectivity index (χ1v) is 13.9. The van der Waals surface area contributed by atoms with Crippen LogP contribution in [0.25, 0.3) is 0 Å². The van der Waals surface area contributed by atoms with Crippen LogP contribution >= 0.6 is 15.9 Å². The highest BCUT2D eigenvalue weighted by molar-refractivity contribution is 9.10. The number of hydrogen-bond acceptors (Lipinski definition) is 5. The maximum absolute atomic E-state index is 13.4. The van der Waals surface area contributed by atoms with E-state index in [1.807, 2.05) is 30.3 Å². The predicted molar refractivity (Wildman–Crippen MR) is 166 cm³/mol. The third-order valence-electron chi connectivity index (χ3n) is 6.29. The summed E-state index contributed by atoms with van der Waals surface area (Å²) in [5.74, 6) is -1.26. The number of carbonyl (C=O) groups is 2. The van der Waals surface area contributed by atoms with Crippen LogP contribution in [0.5, 0.6) is 0 Å². The monoisotopic (exact) mass is 615 g/mol. The van der Waals surface area contributed by atoms with Crippen molar-refractivity contribution >= 4 is 45.3 Å². The van der Waals surface area contributed by atoms with Crippen molar-refractivity contribution in [3.8, 4) is 0 Å². The fourth-order valence-corrected chi connectivity index (χ4v) is 4.44. The van der Waals surface area contributed by atoms with E-state index < -0.39 is 11.7 Å². The van der Waals surface area contributed by atoms with Gasteiger partial charge < -0.3 is 15.5 Å². The molecule has 210 valence electrons. The first kappa shape index (κ1) is 29.6. The summed E-state index contributed by atoms with van der Waals surface area (Å²) < 4.78 is 14.0. The molecule has 0 aliphatic carbocycles. The maximum Gasteiger partial charge on any atom is 0.273 e. The number of nitrogens with zero attached hydrogens (tertiary/aromatic N) is 2. The smallest absolute Gasteiger partial charge is 0.273 e. The van der Waals surface area contributed by atoms with Gasteiger partial charge in [0.05, 0.1) is 17.5 Å². The molecule has 0 spiro atoms. The number of hydrazone groups is 1. The van der Waals surface area contributed by atoms with Crippen LogP contribution in [0.2, 0.25) is 0 Å². The van der Waals surface area contributed by atoms with E-state index in [1.54, 1.807) is 42.5 Å². The lowest BCUT2D eigenvalue weighted by molar-refractivity contribution is 0.0956. The van der Waals surface area contributed by atoms with Gasteiger partial charge in [-0.05, 0) is 78.7 Å². The van der Waals surface area contributed by atoms with Crippen LogP contribution in [-0.4, -0.2) is 38.2 Å². The lowest BCUT2D eigenvalue weighted by Crippen LogP contribution is -2.23. The second-order valence-corrected chi connectivity index (χ2v) is 10.3. The van der Waals surface area contributed by atoms with E-state index in [9.17, 15) is 14.0 Å². The van der Waals surface area contributed by atoms with E-state index in [0.717, 1.165) is 25.1 Å². The summed E-state index contributed by atoms with van der Waals surface area (Å²) in [5, 5.41) is 10.2. The maximum atomic E-state index is 13.4. The van der Waals surface area contributed by atoms with Crippen LogP contribution in [0, 0.1) is 5.82 Å². The molecule has 9 heteroatoms. The Hall–Kier alpha value is -4.34. The van der Waals surface area contributed by atoms with Crippen molar-refractivity contribution in [2.45, 2.75) is 13.0 Å². The molecule has 0 aliphatic heterocycles. The highest BCUT2D eigenvalue weighted by atomic mass is 79.9. The number of hydrogen-bond donors (Lipinski definition) is 3. The molecular formula is C32H31BrFN5O2. The van der Waals surface area contributed by atoms with E-state index in [-0.39, 0.29) is 11.5 Å². The average Bonchev–Trinajstić information content (AvgIpc) is 2.98. The molecule has 2 amide bonds. The van der Waals surface area contributed by atoms with Crippen LogP contribution in [0.15, 0.2) is 107 Å².